The lowest BCUT2D eigenvalue weighted by Crippen LogP contribution is -2.29. The van der Waals surface area contributed by atoms with E-state index in [2.05, 4.69) is 0 Å². The van der Waals surface area contributed by atoms with Crippen LogP contribution in [0.5, 0.6) is 0 Å². The zero-order valence-corrected chi connectivity index (χ0v) is 27.6. The molecule has 49 heavy (non-hydrogen) atoms. The first-order valence-corrected chi connectivity index (χ1v) is 18.8. The molecule has 7 aromatic rings. The molecule has 0 fully saturated rings. The Bertz CT molecular complexity index is 2470. The minimum atomic E-state index is -4.05. The number of fused-ring (bicyclic) bond motifs is 4. The molecule has 7 aromatic carbocycles. The molecule has 9 rings (SSSR count). The van der Waals surface area contributed by atoms with Gasteiger partial charge in [0.1, 0.15) is 0 Å². The van der Waals surface area contributed by atoms with Crippen molar-refractivity contribution in [1.29, 1.82) is 0 Å². The molecule has 0 unspecified atom stereocenters. The van der Waals surface area contributed by atoms with E-state index in [1.165, 1.54) is 18.2 Å². The van der Waals surface area contributed by atoms with E-state index in [9.17, 15) is 16.8 Å². The monoisotopic (exact) mass is 673 g/mol. The van der Waals surface area contributed by atoms with Crippen molar-refractivity contribution in [3.63, 3.8) is 0 Å². The van der Waals surface area contributed by atoms with E-state index in [4.69, 9.17) is 0 Å². The maximum atomic E-state index is 14.2. The molecule has 0 aliphatic carbocycles. The van der Waals surface area contributed by atoms with Gasteiger partial charge in [-0.15, -0.1) is 0 Å². The van der Waals surface area contributed by atoms with Crippen LogP contribution in [0.3, 0.4) is 0 Å². The molecule has 7 heteroatoms. The highest BCUT2D eigenvalue weighted by molar-refractivity contribution is 7.93. The standard InChI is InChI=1S/C42H27NO4S2/c44-48(45)38-12-7-13-39-42(38)43(36-24-22-34(26-40(36)48)32-18-14-30(15-19-32)28-8-3-1-4-9-28)37-25-23-35(27-41(37)49(39,46)47)33-20-16-31(17-21-33)29-10-5-2-6-11-29/h1-27H. The second-order valence-corrected chi connectivity index (χ2v) is 16.0. The Labute approximate surface area is 285 Å². The van der Waals surface area contributed by atoms with Crippen LogP contribution >= 0.6 is 0 Å². The Kier molecular flexibility index (Phi) is 6.53. The highest BCUT2D eigenvalue weighted by Gasteiger charge is 2.44. The van der Waals surface area contributed by atoms with Crippen molar-refractivity contribution in [2.75, 3.05) is 4.90 Å². The number of nitrogens with zero attached hydrogens (tertiary/aromatic N) is 1. The number of para-hydroxylation sites is 1. The molecule has 0 atom stereocenters. The first kappa shape index (κ1) is 29.4. The van der Waals surface area contributed by atoms with Crippen LogP contribution in [0.25, 0.3) is 44.5 Å². The van der Waals surface area contributed by atoms with Crippen LogP contribution < -0.4 is 4.90 Å². The molecular formula is C42H27NO4S2. The molecule has 2 aliphatic rings. The molecule has 0 N–H and O–H groups in total. The first-order valence-electron chi connectivity index (χ1n) is 15.8. The summed E-state index contributed by atoms with van der Waals surface area (Å²) in [6.07, 6.45) is 0. The van der Waals surface area contributed by atoms with E-state index >= 15 is 0 Å². The molecule has 236 valence electrons. The molecule has 2 aliphatic heterocycles. The van der Waals surface area contributed by atoms with Crippen molar-refractivity contribution in [3.05, 3.63) is 164 Å². The van der Waals surface area contributed by atoms with Crippen molar-refractivity contribution in [2.45, 2.75) is 19.6 Å². The van der Waals surface area contributed by atoms with Crippen molar-refractivity contribution < 1.29 is 16.8 Å². The van der Waals surface area contributed by atoms with Gasteiger partial charge < -0.3 is 4.90 Å². The molecule has 0 radical (unpaired) electrons. The van der Waals surface area contributed by atoms with Gasteiger partial charge in [-0.2, -0.15) is 0 Å². The summed E-state index contributed by atoms with van der Waals surface area (Å²) in [5.74, 6) is 0. The number of rotatable bonds is 4. The van der Waals surface area contributed by atoms with Gasteiger partial charge in [-0.1, -0.05) is 127 Å². The second kappa shape index (κ2) is 10.9. The summed E-state index contributed by atoms with van der Waals surface area (Å²) in [5, 5.41) is 0. The fourth-order valence-electron chi connectivity index (χ4n) is 6.92. The minimum absolute atomic E-state index is 0.0242. The number of anilines is 3. The van der Waals surface area contributed by atoms with Crippen molar-refractivity contribution in [1.82, 2.24) is 0 Å². The third kappa shape index (κ3) is 4.58. The summed E-state index contributed by atoms with van der Waals surface area (Å²) >= 11 is 0. The van der Waals surface area contributed by atoms with Crippen LogP contribution in [0.4, 0.5) is 17.1 Å². The number of hydrogen-bond donors (Lipinski definition) is 0. The minimum Gasteiger partial charge on any atom is -0.305 e. The quantitative estimate of drug-likeness (QED) is 0.186. The van der Waals surface area contributed by atoms with Crippen molar-refractivity contribution >= 4 is 36.7 Å². The molecule has 0 amide bonds. The average Bonchev–Trinajstić information content (AvgIpc) is 3.15. The average molecular weight is 674 g/mol. The van der Waals surface area contributed by atoms with Crippen molar-refractivity contribution in [3.8, 4) is 44.5 Å². The SMILES string of the molecule is O=S1(=O)c2cc(-c3ccc(-c4ccccc4)cc3)ccc2N2c3ccc(-c4ccc(-c5ccccc5)cc4)cc3S(=O)(=O)c3cccc1c32. The molecule has 0 saturated carbocycles. The topological polar surface area (TPSA) is 71.5 Å². The number of benzene rings is 7. The lowest BCUT2D eigenvalue weighted by Gasteiger charge is -2.38. The Morgan fingerprint density at radius 3 is 1.02 bits per heavy atom. The highest BCUT2D eigenvalue weighted by atomic mass is 32.2. The predicted octanol–water partition coefficient (Wildman–Crippen LogP) is 10.1. The maximum absolute atomic E-state index is 14.2. The van der Waals surface area contributed by atoms with Gasteiger partial charge in [0.2, 0.25) is 19.7 Å². The van der Waals surface area contributed by atoms with Crippen LogP contribution in [-0.4, -0.2) is 16.8 Å². The van der Waals surface area contributed by atoms with E-state index < -0.39 is 19.7 Å². The third-order valence-corrected chi connectivity index (χ3v) is 13.0. The van der Waals surface area contributed by atoms with Gasteiger partial charge in [0, 0.05) is 0 Å². The molecule has 0 spiro atoms. The van der Waals surface area contributed by atoms with Crippen LogP contribution in [0, 0.1) is 0 Å². The fourth-order valence-corrected chi connectivity index (χ4v) is 10.3. The first-order chi connectivity index (χ1) is 23.8. The lowest BCUT2D eigenvalue weighted by molar-refractivity contribution is 0.591. The third-order valence-electron chi connectivity index (χ3n) is 9.40. The zero-order valence-electron chi connectivity index (χ0n) is 26.0. The molecule has 5 nitrogen and oxygen atoms in total. The van der Waals surface area contributed by atoms with Crippen molar-refractivity contribution in [2.24, 2.45) is 0 Å². The molecule has 0 bridgehead atoms. The number of hydrogen-bond acceptors (Lipinski definition) is 5. The van der Waals surface area contributed by atoms with Gasteiger partial charge >= 0.3 is 0 Å². The summed E-state index contributed by atoms with van der Waals surface area (Å²) in [6.45, 7) is 0. The summed E-state index contributed by atoms with van der Waals surface area (Å²) in [5.41, 5.74) is 8.58. The Morgan fingerprint density at radius 2 is 0.633 bits per heavy atom. The van der Waals surface area contributed by atoms with Gasteiger partial charge in [0.15, 0.2) is 0 Å². The van der Waals surface area contributed by atoms with Gasteiger partial charge in [-0.3, -0.25) is 0 Å². The Balaban J connectivity index is 1.16. The second-order valence-electron chi connectivity index (χ2n) is 12.2. The Hall–Kier alpha value is -5.76. The van der Waals surface area contributed by atoms with Gasteiger partial charge in [0.05, 0.1) is 36.6 Å². The summed E-state index contributed by atoms with van der Waals surface area (Å²) < 4.78 is 56.9. The largest absolute Gasteiger partial charge is 0.305 e. The number of sulfone groups is 2. The summed E-state index contributed by atoms with van der Waals surface area (Å²) in [6, 6.07) is 51.4. The van der Waals surface area contributed by atoms with Gasteiger partial charge in [0.25, 0.3) is 0 Å². The van der Waals surface area contributed by atoms with E-state index in [0.29, 0.717) is 11.4 Å². The smallest absolute Gasteiger partial charge is 0.210 e. The maximum Gasteiger partial charge on any atom is 0.210 e. The lowest BCUT2D eigenvalue weighted by atomic mass is 9.99. The summed E-state index contributed by atoms with van der Waals surface area (Å²) in [7, 11) is -8.10. The fraction of sp³-hybridized carbons (Fsp3) is 0. The van der Waals surface area contributed by atoms with E-state index in [0.717, 1.165) is 44.5 Å². The molecule has 0 saturated heterocycles. The zero-order chi connectivity index (χ0) is 33.3. The van der Waals surface area contributed by atoms with Gasteiger partial charge in [-0.25, -0.2) is 16.8 Å². The van der Waals surface area contributed by atoms with Crippen LogP contribution in [-0.2, 0) is 19.7 Å². The summed E-state index contributed by atoms with van der Waals surface area (Å²) in [4.78, 5) is 2.01. The van der Waals surface area contributed by atoms with E-state index in [-0.39, 0.29) is 25.3 Å². The van der Waals surface area contributed by atoms with Gasteiger partial charge in [-0.05, 0) is 80.9 Å². The van der Waals surface area contributed by atoms with Crippen LogP contribution in [0.1, 0.15) is 0 Å². The molecule has 2 heterocycles. The van der Waals surface area contributed by atoms with E-state index in [1.807, 2.05) is 121 Å². The van der Waals surface area contributed by atoms with E-state index in [1.54, 1.807) is 29.2 Å². The Morgan fingerprint density at radius 1 is 0.306 bits per heavy atom. The normalized spacial score (nSPS) is 14.7. The predicted molar refractivity (Wildman–Crippen MR) is 194 cm³/mol. The van der Waals surface area contributed by atoms with Crippen LogP contribution in [0.2, 0.25) is 0 Å². The van der Waals surface area contributed by atoms with Crippen LogP contribution in [0.15, 0.2) is 183 Å². The molecule has 0 aromatic heterocycles. The molecular weight excluding hydrogens is 647 g/mol. The highest BCUT2D eigenvalue weighted by Crippen LogP contribution is 2.56.